The summed E-state index contributed by atoms with van der Waals surface area (Å²) in [6.07, 6.45) is 6.97. The zero-order valence-electron chi connectivity index (χ0n) is 8.78. The number of rotatable bonds is 2. The van der Waals surface area contributed by atoms with E-state index < -0.39 is 0 Å². The second kappa shape index (κ2) is 4.18. The highest BCUT2D eigenvalue weighted by Gasteiger charge is 2.28. The second-order valence-electron chi connectivity index (χ2n) is 4.47. The van der Waals surface area contributed by atoms with E-state index in [4.69, 9.17) is 10.2 Å². The molecule has 1 saturated carbocycles. The van der Waals surface area contributed by atoms with Crippen molar-refractivity contribution >= 4 is 0 Å². The van der Waals surface area contributed by atoms with Gasteiger partial charge in [0, 0.05) is 0 Å². The monoisotopic (exact) mass is 193 g/mol. The maximum absolute atomic E-state index is 6.21. The summed E-state index contributed by atoms with van der Waals surface area (Å²) in [6, 6.07) is 4.01. The van der Waals surface area contributed by atoms with Crippen molar-refractivity contribution in [1.29, 1.82) is 0 Å². The van der Waals surface area contributed by atoms with Gasteiger partial charge in [-0.15, -0.1) is 0 Å². The Morgan fingerprint density at radius 1 is 1.43 bits per heavy atom. The van der Waals surface area contributed by atoms with Gasteiger partial charge in [-0.3, -0.25) is 0 Å². The number of hydrogen-bond donors (Lipinski definition) is 1. The molecule has 1 aliphatic rings. The molecule has 0 bridgehead atoms. The van der Waals surface area contributed by atoms with E-state index in [2.05, 4.69) is 6.92 Å². The molecule has 14 heavy (non-hydrogen) atoms. The Kier molecular flexibility index (Phi) is 2.92. The molecule has 3 unspecified atom stereocenters. The molecular weight excluding hydrogens is 174 g/mol. The van der Waals surface area contributed by atoms with Crippen LogP contribution in [0, 0.1) is 11.8 Å². The molecule has 1 fully saturated rings. The van der Waals surface area contributed by atoms with Crippen molar-refractivity contribution in [3.8, 4) is 0 Å². The molecule has 0 spiro atoms. The molecule has 0 aromatic carbocycles. The van der Waals surface area contributed by atoms with Crippen LogP contribution in [0.2, 0.25) is 0 Å². The smallest absolute Gasteiger partial charge is 0.120 e. The highest BCUT2D eigenvalue weighted by atomic mass is 16.3. The predicted molar refractivity (Wildman–Crippen MR) is 56.8 cm³/mol. The first kappa shape index (κ1) is 9.78. The first-order valence-electron chi connectivity index (χ1n) is 5.58. The van der Waals surface area contributed by atoms with E-state index in [9.17, 15) is 0 Å². The van der Waals surface area contributed by atoms with E-state index >= 15 is 0 Å². The van der Waals surface area contributed by atoms with Gasteiger partial charge >= 0.3 is 0 Å². The lowest BCUT2D eigenvalue weighted by Crippen LogP contribution is -2.28. The van der Waals surface area contributed by atoms with Gasteiger partial charge in [0.05, 0.1) is 12.3 Å². The Labute approximate surface area is 85.5 Å². The fourth-order valence-electron chi connectivity index (χ4n) is 2.57. The normalized spacial score (nSPS) is 30.1. The van der Waals surface area contributed by atoms with Crippen LogP contribution in [0.25, 0.3) is 0 Å². The molecule has 3 atom stereocenters. The molecule has 1 aromatic rings. The van der Waals surface area contributed by atoms with Crippen LogP contribution in [0.15, 0.2) is 22.8 Å². The maximum Gasteiger partial charge on any atom is 0.120 e. The molecule has 2 N–H and O–H groups in total. The van der Waals surface area contributed by atoms with Gasteiger partial charge in [-0.25, -0.2) is 0 Å². The molecule has 2 nitrogen and oxygen atoms in total. The van der Waals surface area contributed by atoms with Crippen molar-refractivity contribution < 1.29 is 4.42 Å². The Balaban J connectivity index is 2.06. The van der Waals surface area contributed by atoms with Crippen LogP contribution in [0.5, 0.6) is 0 Å². The zero-order valence-corrected chi connectivity index (χ0v) is 8.78. The van der Waals surface area contributed by atoms with Gasteiger partial charge in [0.1, 0.15) is 5.76 Å². The first-order chi connectivity index (χ1) is 6.79. The van der Waals surface area contributed by atoms with Gasteiger partial charge < -0.3 is 10.2 Å². The van der Waals surface area contributed by atoms with Gasteiger partial charge in [-0.2, -0.15) is 0 Å². The molecular formula is C12H19NO. The Morgan fingerprint density at radius 3 is 2.86 bits per heavy atom. The minimum Gasteiger partial charge on any atom is -0.468 e. The minimum atomic E-state index is 0.0975. The summed E-state index contributed by atoms with van der Waals surface area (Å²) in [7, 11) is 0. The van der Waals surface area contributed by atoms with Crippen LogP contribution in [0.4, 0.5) is 0 Å². The van der Waals surface area contributed by atoms with E-state index in [1.54, 1.807) is 6.26 Å². The van der Waals surface area contributed by atoms with Crippen LogP contribution in [0.3, 0.4) is 0 Å². The van der Waals surface area contributed by atoms with Crippen LogP contribution in [0.1, 0.15) is 44.4 Å². The van der Waals surface area contributed by atoms with Crippen LogP contribution < -0.4 is 5.73 Å². The molecule has 2 rings (SSSR count). The quantitative estimate of drug-likeness (QED) is 0.783. The van der Waals surface area contributed by atoms with Crippen molar-refractivity contribution in [1.82, 2.24) is 0 Å². The molecule has 0 radical (unpaired) electrons. The van der Waals surface area contributed by atoms with Crippen molar-refractivity contribution in [2.24, 2.45) is 17.6 Å². The zero-order chi connectivity index (χ0) is 9.97. The Morgan fingerprint density at radius 2 is 2.21 bits per heavy atom. The summed E-state index contributed by atoms with van der Waals surface area (Å²) in [5, 5.41) is 0. The lowest BCUT2D eigenvalue weighted by Gasteiger charge is -2.32. The van der Waals surface area contributed by atoms with E-state index in [1.807, 2.05) is 12.1 Å². The van der Waals surface area contributed by atoms with E-state index in [1.165, 1.54) is 25.7 Å². The minimum absolute atomic E-state index is 0.0975. The van der Waals surface area contributed by atoms with Gasteiger partial charge in [-0.1, -0.05) is 26.2 Å². The van der Waals surface area contributed by atoms with Crippen molar-refractivity contribution in [3.05, 3.63) is 24.2 Å². The third kappa shape index (κ3) is 1.85. The fourth-order valence-corrected chi connectivity index (χ4v) is 2.57. The second-order valence-corrected chi connectivity index (χ2v) is 4.47. The molecule has 0 saturated heterocycles. The van der Waals surface area contributed by atoms with Crippen LogP contribution in [-0.2, 0) is 0 Å². The summed E-state index contributed by atoms with van der Waals surface area (Å²) in [5.74, 6) is 2.29. The number of furan rings is 1. The standard InChI is InChI=1S/C12H19NO/c1-9-5-2-3-6-10(9)12(13)11-7-4-8-14-11/h4,7-10,12H,2-3,5-6,13H2,1H3. The molecule has 0 aliphatic heterocycles. The highest BCUT2D eigenvalue weighted by molar-refractivity contribution is 5.05. The topological polar surface area (TPSA) is 39.2 Å². The number of nitrogens with two attached hydrogens (primary N) is 1. The fraction of sp³-hybridized carbons (Fsp3) is 0.667. The SMILES string of the molecule is CC1CCCCC1C(N)c1ccco1. The van der Waals surface area contributed by atoms with Crippen molar-refractivity contribution in [2.75, 3.05) is 0 Å². The summed E-state index contributed by atoms with van der Waals surface area (Å²) >= 11 is 0. The van der Waals surface area contributed by atoms with Crippen molar-refractivity contribution in [2.45, 2.75) is 38.6 Å². The van der Waals surface area contributed by atoms with Gasteiger partial charge in [0.15, 0.2) is 0 Å². The molecule has 1 aromatic heterocycles. The molecule has 2 heteroatoms. The van der Waals surface area contributed by atoms with Crippen molar-refractivity contribution in [3.63, 3.8) is 0 Å². The van der Waals surface area contributed by atoms with Crippen LogP contribution in [-0.4, -0.2) is 0 Å². The van der Waals surface area contributed by atoms with Gasteiger partial charge in [0.25, 0.3) is 0 Å². The Hall–Kier alpha value is -0.760. The first-order valence-corrected chi connectivity index (χ1v) is 5.58. The average Bonchev–Trinajstić information content (AvgIpc) is 2.70. The maximum atomic E-state index is 6.21. The molecule has 78 valence electrons. The summed E-state index contributed by atoms with van der Waals surface area (Å²) < 4.78 is 5.37. The lowest BCUT2D eigenvalue weighted by atomic mass is 9.76. The third-order valence-electron chi connectivity index (χ3n) is 3.51. The Bertz CT molecular complexity index is 268. The lowest BCUT2D eigenvalue weighted by molar-refractivity contribution is 0.203. The van der Waals surface area contributed by atoms with E-state index in [-0.39, 0.29) is 6.04 Å². The third-order valence-corrected chi connectivity index (χ3v) is 3.51. The molecule has 1 aliphatic carbocycles. The molecule has 1 heterocycles. The van der Waals surface area contributed by atoms with Crippen LogP contribution >= 0.6 is 0 Å². The van der Waals surface area contributed by atoms with E-state index in [0.29, 0.717) is 5.92 Å². The average molecular weight is 193 g/mol. The molecule has 0 amide bonds. The van der Waals surface area contributed by atoms with Gasteiger partial charge in [0.2, 0.25) is 0 Å². The highest BCUT2D eigenvalue weighted by Crippen LogP contribution is 2.37. The summed E-state index contributed by atoms with van der Waals surface area (Å²) in [4.78, 5) is 0. The predicted octanol–water partition coefficient (Wildman–Crippen LogP) is 3.11. The summed E-state index contributed by atoms with van der Waals surface area (Å²) in [5.41, 5.74) is 6.21. The van der Waals surface area contributed by atoms with Gasteiger partial charge in [-0.05, 0) is 30.4 Å². The van der Waals surface area contributed by atoms with E-state index in [0.717, 1.165) is 11.7 Å². The summed E-state index contributed by atoms with van der Waals surface area (Å²) in [6.45, 7) is 2.31. The number of hydrogen-bond acceptors (Lipinski definition) is 2. The largest absolute Gasteiger partial charge is 0.468 e.